The predicted octanol–water partition coefficient (Wildman–Crippen LogP) is 5.70. The van der Waals surface area contributed by atoms with Crippen molar-refractivity contribution in [3.63, 3.8) is 0 Å². The predicted molar refractivity (Wildman–Crippen MR) is 132 cm³/mol. The summed E-state index contributed by atoms with van der Waals surface area (Å²) >= 11 is 0. The Morgan fingerprint density at radius 1 is 1.06 bits per heavy atom. The first-order chi connectivity index (χ1) is 16.2. The van der Waals surface area contributed by atoms with E-state index < -0.39 is 11.0 Å². The molecule has 180 valence electrons. The van der Waals surface area contributed by atoms with Gasteiger partial charge < -0.3 is 28.8 Å². The summed E-state index contributed by atoms with van der Waals surface area (Å²) in [6.45, 7) is 6.95. The standard InChI is InChI=1S/C27H30O7/c1-6-14-32-21-16-20(28)22-23(29)26(33-15-7-2)24(17-8-10-18(31-5)11-9-17)34-25(22)19(21)12-13-27(3,4)30/h6-11,14-16,28,30H,12-13H2,1-5H3/b14-6+,15-7+. The summed E-state index contributed by atoms with van der Waals surface area (Å²) < 4.78 is 22.9. The maximum absolute atomic E-state index is 13.5. The van der Waals surface area contributed by atoms with Gasteiger partial charge in [-0.2, -0.15) is 0 Å². The van der Waals surface area contributed by atoms with Crippen molar-refractivity contribution < 1.29 is 28.8 Å². The molecule has 0 bridgehead atoms. The minimum atomic E-state index is -0.962. The van der Waals surface area contributed by atoms with E-state index in [0.29, 0.717) is 35.5 Å². The Morgan fingerprint density at radius 2 is 1.71 bits per heavy atom. The lowest BCUT2D eigenvalue weighted by Crippen LogP contribution is -2.19. The van der Waals surface area contributed by atoms with Crippen LogP contribution in [0.15, 0.2) is 64.2 Å². The zero-order valence-corrected chi connectivity index (χ0v) is 20.0. The quantitative estimate of drug-likeness (QED) is 0.390. The molecule has 0 saturated carbocycles. The molecular formula is C27H30O7. The van der Waals surface area contributed by atoms with E-state index in [1.165, 1.54) is 18.6 Å². The van der Waals surface area contributed by atoms with Gasteiger partial charge in [-0.3, -0.25) is 4.79 Å². The van der Waals surface area contributed by atoms with E-state index in [4.69, 9.17) is 18.6 Å². The number of benzene rings is 2. The maximum atomic E-state index is 13.5. The molecule has 0 spiro atoms. The van der Waals surface area contributed by atoms with Crippen LogP contribution in [-0.2, 0) is 6.42 Å². The van der Waals surface area contributed by atoms with Crippen molar-refractivity contribution in [1.29, 1.82) is 0 Å². The van der Waals surface area contributed by atoms with Crippen LogP contribution in [0.2, 0.25) is 0 Å². The van der Waals surface area contributed by atoms with Gasteiger partial charge in [-0.15, -0.1) is 0 Å². The van der Waals surface area contributed by atoms with Crippen molar-refractivity contribution in [2.24, 2.45) is 0 Å². The zero-order valence-electron chi connectivity index (χ0n) is 20.0. The van der Waals surface area contributed by atoms with Gasteiger partial charge in [-0.05, 0) is 64.8 Å². The number of ether oxygens (including phenoxy) is 3. The van der Waals surface area contributed by atoms with Crippen molar-refractivity contribution in [1.82, 2.24) is 0 Å². The molecule has 34 heavy (non-hydrogen) atoms. The third-order valence-corrected chi connectivity index (χ3v) is 5.16. The number of aliphatic hydroxyl groups is 1. The van der Waals surface area contributed by atoms with E-state index >= 15 is 0 Å². The molecule has 0 amide bonds. The first kappa shape index (κ1) is 24.9. The van der Waals surface area contributed by atoms with Crippen LogP contribution in [-0.4, -0.2) is 22.9 Å². The van der Waals surface area contributed by atoms with Crippen LogP contribution in [0.4, 0.5) is 0 Å². The van der Waals surface area contributed by atoms with Gasteiger partial charge in [0.2, 0.25) is 11.2 Å². The highest BCUT2D eigenvalue weighted by atomic mass is 16.5. The molecule has 0 unspecified atom stereocenters. The molecule has 0 saturated heterocycles. The van der Waals surface area contributed by atoms with Gasteiger partial charge in [0, 0.05) is 17.2 Å². The molecule has 0 aliphatic rings. The molecule has 0 aliphatic heterocycles. The molecule has 3 rings (SSSR count). The number of aryl methyl sites for hydroxylation is 1. The van der Waals surface area contributed by atoms with Crippen LogP contribution in [0.1, 0.15) is 39.7 Å². The molecule has 7 heteroatoms. The van der Waals surface area contributed by atoms with Gasteiger partial charge >= 0.3 is 0 Å². The molecule has 1 heterocycles. The Labute approximate surface area is 198 Å². The van der Waals surface area contributed by atoms with Crippen molar-refractivity contribution in [3.8, 4) is 34.3 Å². The monoisotopic (exact) mass is 466 g/mol. The lowest BCUT2D eigenvalue weighted by molar-refractivity contribution is 0.0713. The third kappa shape index (κ3) is 5.43. The summed E-state index contributed by atoms with van der Waals surface area (Å²) in [5, 5.41) is 21.1. The average Bonchev–Trinajstić information content (AvgIpc) is 2.80. The third-order valence-electron chi connectivity index (χ3n) is 5.16. The highest BCUT2D eigenvalue weighted by Crippen LogP contribution is 2.40. The molecular weight excluding hydrogens is 436 g/mol. The average molecular weight is 467 g/mol. The van der Waals surface area contributed by atoms with Crippen LogP contribution in [0.3, 0.4) is 0 Å². The van der Waals surface area contributed by atoms with Gasteiger partial charge in [0.25, 0.3) is 0 Å². The fraction of sp³-hybridized carbons (Fsp3) is 0.296. The lowest BCUT2D eigenvalue weighted by Gasteiger charge is -2.19. The number of hydrogen-bond acceptors (Lipinski definition) is 7. The lowest BCUT2D eigenvalue weighted by atomic mass is 9.96. The topological polar surface area (TPSA) is 98.4 Å². The van der Waals surface area contributed by atoms with Crippen molar-refractivity contribution in [3.05, 3.63) is 70.8 Å². The highest BCUT2D eigenvalue weighted by Gasteiger charge is 2.25. The van der Waals surface area contributed by atoms with Crippen molar-refractivity contribution in [2.75, 3.05) is 7.11 Å². The molecule has 0 aliphatic carbocycles. The molecule has 2 aromatic carbocycles. The summed E-state index contributed by atoms with van der Waals surface area (Å²) in [4.78, 5) is 13.5. The number of allylic oxidation sites excluding steroid dienone is 2. The van der Waals surface area contributed by atoms with Crippen LogP contribution >= 0.6 is 0 Å². The Balaban J connectivity index is 2.37. The molecule has 7 nitrogen and oxygen atoms in total. The summed E-state index contributed by atoms with van der Waals surface area (Å²) in [5.41, 5.74) is -0.169. The summed E-state index contributed by atoms with van der Waals surface area (Å²) in [6.07, 6.45) is 6.91. The molecule has 0 fully saturated rings. The van der Waals surface area contributed by atoms with Crippen LogP contribution < -0.4 is 19.6 Å². The van der Waals surface area contributed by atoms with Crippen molar-refractivity contribution >= 4 is 11.0 Å². The number of phenolic OH excluding ortho intramolecular Hbond substituents is 1. The molecule has 0 radical (unpaired) electrons. The van der Waals surface area contributed by atoms with E-state index in [0.717, 1.165) is 0 Å². The highest BCUT2D eigenvalue weighted by molar-refractivity contribution is 5.91. The molecule has 0 atom stereocenters. The van der Waals surface area contributed by atoms with E-state index in [2.05, 4.69) is 0 Å². The minimum absolute atomic E-state index is 0.0182. The largest absolute Gasteiger partial charge is 0.507 e. The smallest absolute Gasteiger partial charge is 0.239 e. The van der Waals surface area contributed by atoms with Gasteiger partial charge in [-0.1, -0.05) is 12.2 Å². The van der Waals surface area contributed by atoms with Gasteiger partial charge in [0.1, 0.15) is 28.2 Å². The number of hydrogen-bond donors (Lipinski definition) is 2. The Bertz CT molecular complexity index is 1260. The number of rotatable bonds is 9. The van der Waals surface area contributed by atoms with E-state index in [9.17, 15) is 15.0 Å². The molecule has 3 aromatic rings. The number of phenols is 1. The SMILES string of the molecule is C/C=C/Oc1cc(O)c2c(=O)c(O/C=C/C)c(-c3ccc(OC)cc3)oc2c1CCC(C)(C)O. The van der Waals surface area contributed by atoms with Crippen LogP contribution in [0.5, 0.6) is 23.0 Å². The van der Waals surface area contributed by atoms with E-state index in [1.807, 2.05) is 0 Å². The second-order valence-electron chi connectivity index (χ2n) is 8.38. The minimum Gasteiger partial charge on any atom is -0.507 e. The summed E-state index contributed by atoms with van der Waals surface area (Å²) in [7, 11) is 1.57. The maximum Gasteiger partial charge on any atom is 0.239 e. The first-order valence-corrected chi connectivity index (χ1v) is 11.0. The van der Waals surface area contributed by atoms with Crippen molar-refractivity contribution in [2.45, 2.75) is 46.1 Å². The van der Waals surface area contributed by atoms with Crippen LogP contribution in [0, 0.1) is 0 Å². The van der Waals surface area contributed by atoms with Gasteiger partial charge in [0.05, 0.1) is 25.2 Å². The number of methoxy groups -OCH3 is 1. The first-order valence-electron chi connectivity index (χ1n) is 11.0. The fourth-order valence-corrected chi connectivity index (χ4v) is 3.45. The van der Waals surface area contributed by atoms with Gasteiger partial charge in [0.15, 0.2) is 5.76 Å². The second-order valence-corrected chi connectivity index (χ2v) is 8.38. The molecule has 2 N–H and O–H groups in total. The summed E-state index contributed by atoms with van der Waals surface area (Å²) in [6, 6.07) is 8.38. The van der Waals surface area contributed by atoms with Gasteiger partial charge in [-0.25, -0.2) is 0 Å². The zero-order chi connectivity index (χ0) is 24.9. The van der Waals surface area contributed by atoms with E-state index in [1.54, 1.807) is 71.2 Å². The molecule has 1 aromatic heterocycles. The van der Waals surface area contributed by atoms with E-state index in [-0.39, 0.29) is 28.2 Å². The Kier molecular flexibility index (Phi) is 7.68. The second kappa shape index (κ2) is 10.5. The normalized spacial score (nSPS) is 12.1. The number of aromatic hydroxyl groups is 1. The number of fused-ring (bicyclic) bond motifs is 1. The van der Waals surface area contributed by atoms with Crippen LogP contribution in [0.25, 0.3) is 22.3 Å². The Morgan fingerprint density at radius 3 is 2.29 bits per heavy atom. The fourth-order valence-electron chi connectivity index (χ4n) is 3.45. The summed E-state index contributed by atoms with van der Waals surface area (Å²) in [5.74, 6) is 0.834. The Hall–Kier alpha value is -3.71.